The molecule has 0 heterocycles. The van der Waals surface area contributed by atoms with Gasteiger partial charge in [-0.2, -0.15) is 0 Å². The van der Waals surface area contributed by atoms with Crippen molar-refractivity contribution in [1.29, 1.82) is 0 Å². The highest BCUT2D eigenvalue weighted by Gasteiger charge is 2.10. The van der Waals surface area contributed by atoms with Gasteiger partial charge in [-0.05, 0) is 54.6 Å². The van der Waals surface area contributed by atoms with E-state index in [0.717, 1.165) is 0 Å². The van der Waals surface area contributed by atoms with E-state index < -0.39 is 5.91 Å². The van der Waals surface area contributed by atoms with Gasteiger partial charge in [-0.3, -0.25) is 9.59 Å². The van der Waals surface area contributed by atoms with Crippen LogP contribution in [0.2, 0.25) is 15.1 Å². The molecular weight excluding hydrogens is 435 g/mol. The minimum atomic E-state index is -0.400. The third-order valence-electron chi connectivity index (χ3n) is 3.74. The summed E-state index contributed by atoms with van der Waals surface area (Å²) in [6, 6.07) is 18.1. The number of amides is 2. The van der Waals surface area contributed by atoms with Gasteiger partial charge in [0.15, 0.2) is 6.61 Å². The summed E-state index contributed by atoms with van der Waals surface area (Å²) in [6.07, 6.45) is 0. The molecule has 3 aromatic rings. The molecule has 0 radical (unpaired) electrons. The Hall–Kier alpha value is -2.73. The van der Waals surface area contributed by atoms with Gasteiger partial charge in [-0.1, -0.05) is 46.9 Å². The third kappa shape index (κ3) is 6.12. The lowest BCUT2D eigenvalue weighted by atomic mass is 10.2. The van der Waals surface area contributed by atoms with E-state index in [4.69, 9.17) is 39.5 Å². The minimum Gasteiger partial charge on any atom is -0.482 e. The van der Waals surface area contributed by atoms with E-state index in [1.54, 1.807) is 60.7 Å². The highest BCUT2D eigenvalue weighted by atomic mass is 35.5. The highest BCUT2D eigenvalue weighted by Crippen LogP contribution is 2.27. The van der Waals surface area contributed by atoms with E-state index >= 15 is 0 Å². The van der Waals surface area contributed by atoms with Crippen molar-refractivity contribution in [2.45, 2.75) is 0 Å². The fourth-order valence-electron chi connectivity index (χ4n) is 2.44. The molecule has 2 amide bonds. The van der Waals surface area contributed by atoms with Crippen LogP contribution < -0.4 is 15.4 Å². The normalized spacial score (nSPS) is 10.3. The SMILES string of the molecule is O=C(COc1ccc(Cl)cc1Cl)Nc1cccc(C(=O)Nc2cccc(Cl)c2)c1. The number of anilines is 2. The zero-order valence-corrected chi connectivity index (χ0v) is 17.2. The number of rotatable bonds is 6. The van der Waals surface area contributed by atoms with E-state index in [1.165, 1.54) is 6.07 Å². The number of carbonyl (C=O) groups is 2. The van der Waals surface area contributed by atoms with Crippen LogP contribution in [0.25, 0.3) is 0 Å². The van der Waals surface area contributed by atoms with Gasteiger partial charge >= 0.3 is 0 Å². The van der Waals surface area contributed by atoms with E-state index in [0.29, 0.717) is 37.8 Å². The molecule has 2 N–H and O–H groups in total. The summed E-state index contributed by atoms with van der Waals surface area (Å²) in [5.41, 5.74) is 1.41. The smallest absolute Gasteiger partial charge is 0.262 e. The number of ether oxygens (including phenoxy) is 1. The fraction of sp³-hybridized carbons (Fsp3) is 0.0476. The molecule has 8 heteroatoms. The van der Waals surface area contributed by atoms with E-state index in [-0.39, 0.29) is 12.5 Å². The summed E-state index contributed by atoms with van der Waals surface area (Å²) >= 11 is 17.8. The first-order valence-corrected chi connectivity index (χ1v) is 9.59. The van der Waals surface area contributed by atoms with Crippen molar-refractivity contribution in [2.24, 2.45) is 0 Å². The molecule has 0 aliphatic heterocycles. The Morgan fingerprint density at radius 2 is 1.48 bits per heavy atom. The highest BCUT2D eigenvalue weighted by molar-refractivity contribution is 6.35. The van der Waals surface area contributed by atoms with Gasteiger partial charge in [0.2, 0.25) is 0 Å². The average molecular weight is 450 g/mol. The van der Waals surface area contributed by atoms with E-state index in [9.17, 15) is 9.59 Å². The molecular formula is C21H15Cl3N2O3. The van der Waals surface area contributed by atoms with Crippen molar-refractivity contribution in [3.8, 4) is 5.75 Å². The topological polar surface area (TPSA) is 67.4 Å². The summed E-state index contributed by atoms with van der Waals surface area (Å²) in [7, 11) is 0. The lowest BCUT2D eigenvalue weighted by molar-refractivity contribution is -0.118. The molecule has 0 aliphatic rings. The maximum atomic E-state index is 12.4. The molecule has 0 bridgehead atoms. The number of benzene rings is 3. The van der Waals surface area contributed by atoms with E-state index in [1.807, 2.05) is 0 Å². The van der Waals surface area contributed by atoms with Crippen LogP contribution in [0.3, 0.4) is 0 Å². The Morgan fingerprint density at radius 1 is 0.793 bits per heavy atom. The van der Waals surface area contributed by atoms with Gasteiger partial charge in [0.1, 0.15) is 5.75 Å². The van der Waals surface area contributed by atoms with E-state index in [2.05, 4.69) is 10.6 Å². The standard InChI is InChI=1S/C21H15Cl3N2O3/c22-14-4-2-6-17(10-14)26-21(28)13-3-1-5-16(9-13)25-20(27)12-29-19-8-7-15(23)11-18(19)24/h1-11H,12H2,(H,25,27)(H,26,28). The molecule has 29 heavy (non-hydrogen) atoms. The fourth-order valence-corrected chi connectivity index (χ4v) is 3.09. The van der Waals surface area contributed by atoms with Crippen molar-refractivity contribution in [3.63, 3.8) is 0 Å². The quantitative estimate of drug-likeness (QED) is 0.491. The van der Waals surface area contributed by atoms with Crippen LogP contribution in [-0.4, -0.2) is 18.4 Å². The second kappa shape index (κ2) is 9.65. The Bertz CT molecular complexity index is 1060. The summed E-state index contributed by atoms with van der Waals surface area (Å²) in [4.78, 5) is 24.6. The van der Waals surface area contributed by atoms with Crippen LogP contribution in [0, 0.1) is 0 Å². The minimum absolute atomic E-state index is 0.250. The second-order valence-corrected chi connectivity index (χ2v) is 7.24. The van der Waals surface area contributed by atoms with Crippen molar-refractivity contribution < 1.29 is 14.3 Å². The summed E-state index contributed by atoms with van der Waals surface area (Å²) in [6.45, 7) is -0.250. The number of nitrogens with one attached hydrogen (secondary N) is 2. The number of hydrogen-bond donors (Lipinski definition) is 2. The predicted octanol–water partition coefficient (Wildman–Crippen LogP) is 5.92. The molecule has 3 aromatic carbocycles. The lowest BCUT2D eigenvalue weighted by Crippen LogP contribution is -2.20. The van der Waals surface area contributed by atoms with Gasteiger partial charge in [0.25, 0.3) is 11.8 Å². The third-order valence-corrected chi connectivity index (χ3v) is 4.51. The Morgan fingerprint density at radius 3 is 2.21 bits per heavy atom. The molecule has 0 fully saturated rings. The Labute approximate surface area is 182 Å². The zero-order chi connectivity index (χ0) is 20.8. The maximum absolute atomic E-state index is 12.4. The Balaban J connectivity index is 1.60. The van der Waals surface area contributed by atoms with Crippen LogP contribution in [-0.2, 0) is 4.79 Å². The molecule has 0 aromatic heterocycles. The first-order valence-electron chi connectivity index (χ1n) is 8.45. The molecule has 0 unspecified atom stereocenters. The van der Waals surface area contributed by atoms with Crippen LogP contribution in [0.1, 0.15) is 10.4 Å². The van der Waals surface area contributed by atoms with Crippen molar-refractivity contribution in [1.82, 2.24) is 0 Å². The predicted molar refractivity (Wildman–Crippen MR) is 116 cm³/mol. The molecule has 148 valence electrons. The van der Waals surface area contributed by atoms with Crippen LogP contribution in [0.5, 0.6) is 5.75 Å². The zero-order valence-electron chi connectivity index (χ0n) is 14.9. The van der Waals surface area contributed by atoms with Crippen LogP contribution in [0.4, 0.5) is 11.4 Å². The van der Waals surface area contributed by atoms with Gasteiger partial charge in [-0.15, -0.1) is 0 Å². The van der Waals surface area contributed by atoms with Crippen LogP contribution >= 0.6 is 34.8 Å². The van der Waals surface area contributed by atoms with Gasteiger partial charge < -0.3 is 15.4 Å². The van der Waals surface area contributed by atoms with Crippen molar-refractivity contribution >= 4 is 58.0 Å². The first-order chi connectivity index (χ1) is 13.9. The lowest BCUT2D eigenvalue weighted by Gasteiger charge is -2.10. The number of halogens is 3. The molecule has 0 atom stereocenters. The number of carbonyl (C=O) groups excluding carboxylic acids is 2. The monoisotopic (exact) mass is 448 g/mol. The van der Waals surface area contributed by atoms with Crippen LogP contribution in [0.15, 0.2) is 66.7 Å². The Kier molecular flexibility index (Phi) is 6.99. The molecule has 3 rings (SSSR count). The molecule has 5 nitrogen and oxygen atoms in total. The van der Waals surface area contributed by atoms with Crippen molar-refractivity contribution in [2.75, 3.05) is 17.2 Å². The molecule has 0 saturated heterocycles. The summed E-state index contributed by atoms with van der Waals surface area (Å²) in [5.74, 6) is -0.378. The molecule has 0 aliphatic carbocycles. The first kappa shape index (κ1) is 21.0. The summed E-state index contributed by atoms with van der Waals surface area (Å²) in [5, 5.41) is 6.73. The van der Waals surface area contributed by atoms with Gasteiger partial charge in [-0.25, -0.2) is 0 Å². The maximum Gasteiger partial charge on any atom is 0.262 e. The molecule has 0 spiro atoms. The summed E-state index contributed by atoms with van der Waals surface area (Å²) < 4.78 is 5.40. The van der Waals surface area contributed by atoms with Gasteiger partial charge in [0.05, 0.1) is 5.02 Å². The molecule has 0 saturated carbocycles. The largest absolute Gasteiger partial charge is 0.482 e. The van der Waals surface area contributed by atoms with Gasteiger partial charge in [0, 0.05) is 27.0 Å². The number of hydrogen-bond acceptors (Lipinski definition) is 3. The second-order valence-electron chi connectivity index (χ2n) is 5.96. The van der Waals surface area contributed by atoms with Crippen molar-refractivity contribution in [3.05, 3.63) is 87.4 Å². The average Bonchev–Trinajstić information content (AvgIpc) is 2.67.